The maximum Gasteiger partial charge on any atom is 0.287 e. The number of nitrogens with two attached hydrogens (primary N) is 1. The summed E-state index contributed by atoms with van der Waals surface area (Å²) in [6.45, 7) is 4.87. The van der Waals surface area contributed by atoms with E-state index in [1.54, 1.807) is 24.8 Å². The molecule has 5 aromatic rings. The summed E-state index contributed by atoms with van der Waals surface area (Å²) in [4.78, 5) is 21.4. The van der Waals surface area contributed by atoms with Gasteiger partial charge in [-0.15, -0.1) is 10.2 Å². The van der Waals surface area contributed by atoms with Crippen LogP contribution in [-0.2, 0) is 0 Å². The van der Waals surface area contributed by atoms with Crippen molar-refractivity contribution in [3.63, 3.8) is 0 Å². The van der Waals surface area contributed by atoms with E-state index < -0.39 is 0 Å². The standard InChI is InChI=1S/C28H27N7O2/c1-16(2)35-15-33-34-26(35)19-7-5-18(6-8-19)22-11-20(14-31-25(22)29)21-9-10-30-28-23(21)12-24(37-28)27(36)32-13-17-3-4-17/h5-12,14-17H,3-4,13H2,1-2H3,(H2,29,31)(H,32,36). The Bertz CT molecular complexity index is 1600. The van der Waals surface area contributed by atoms with Crippen molar-refractivity contribution in [1.29, 1.82) is 0 Å². The molecule has 6 rings (SSSR count). The van der Waals surface area contributed by atoms with Crippen LogP contribution < -0.4 is 11.1 Å². The van der Waals surface area contributed by atoms with Gasteiger partial charge in [-0.05, 0) is 61.9 Å². The Labute approximate surface area is 213 Å². The lowest BCUT2D eigenvalue weighted by molar-refractivity contribution is 0.0926. The molecule has 3 N–H and O–H groups in total. The highest BCUT2D eigenvalue weighted by Crippen LogP contribution is 2.35. The number of aromatic nitrogens is 5. The van der Waals surface area contributed by atoms with Gasteiger partial charge in [-0.3, -0.25) is 4.79 Å². The predicted molar refractivity (Wildman–Crippen MR) is 142 cm³/mol. The molecule has 9 heteroatoms. The van der Waals surface area contributed by atoms with Crippen LogP contribution in [0.4, 0.5) is 5.82 Å². The van der Waals surface area contributed by atoms with Gasteiger partial charge in [0.15, 0.2) is 11.6 Å². The number of carbonyl (C=O) groups is 1. The van der Waals surface area contributed by atoms with Crippen LogP contribution in [-0.4, -0.2) is 37.2 Å². The molecule has 0 spiro atoms. The number of hydrogen-bond donors (Lipinski definition) is 2. The molecule has 186 valence electrons. The number of nitrogens with zero attached hydrogens (tertiary/aromatic N) is 5. The number of furan rings is 1. The largest absolute Gasteiger partial charge is 0.433 e. The predicted octanol–water partition coefficient (Wildman–Crippen LogP) is 5.12. The number of nitrogens with one attached hydrogen (secondary N) is 1. The van der Waals surface area contributed by atoms with Gasteiger partial charge in [0.05, 0.1) is 0 Å². The Morgan fingerprint density at radius 2 is 1.86 bits per heavy atom. The maximum atomic E-state index is 12.6. The van der Waals surface area contributed by atoms with Crippen LogP contribution in [0.1, 0.15) is 43.3 Å². The number of rotatable bonds is 7. The maximum absolute atomic E-state index is 12.6. The Hall–Kier alpha value is -4.53. The average Bonchev–Trinajstić information content (AvgIpc) is 3.41. The fourth-order valence-electron chi connectivity index (χ4n) is 4.43. The Morgan fingerprint density at radius 3 is 2.62 bits per heavy atom. The fourth-order valence-corrected chi connectivity index (χ4v) is 4.43. The number of anilines is 1. The molecular weight excluding hydrogens is 466 g/mol. The monoisotopic (exact) mass is 493 g/mol. The van der Waals surface area contributed by atoms with E-state index in [0.717, 1.165) is 39.0 Å². The van der Waals surface area contributed by atoms with Crippen molar-refractivity contribution >= 4 is 22.8 Å². The first-order chi connectivity index (χ1) is 18.0. The highest BCUT2D eigenvalue weighted by molar-refractivity contribution is 6.00. The van der Waals surface area contributed by atoms with Crippen molar-refractivity contribution in [3.8, 4) is 33.6 Å². The molecule has 4 aromatic heterocycles. The van der Waals surface area contributed by atoms with Crippen LogP contribution in [0, 0.1) is 5.92 Å². The van der Waals surface area contributed by atoms with Crippen molar-refractivity contribution in [3.05, 3.63) is 66.9 Å². The molecule has 4 heterocycles. The van der Waals surface area contributed by atoms with Gasteiger partial charge in [0.2, 0.25) is 5.71 Å². The number of pyridine rings is 2. The van der Waals surface area contributed by atoms with Gasteiger partial charge in [0, 0.05) is 47.1 Å². The molecule has 1 saturated carbocycles. The first-order valence-corrected chi connectivity index (χ1v) is 12.4. The third kappa shape index (κ3) is 4.44. The summed E-state index contributed by atoms with van der Waals surface area (Å²) >= 11 is 0. The molecule has 0 radical (unpaired) electrons. The fraction of sp³-hybridized carbons (Fsp3) is 0.250. The summed E-state index contributed by atoms with van der Waals surface area (Å²) in [7, 11) is 0. The van der Waals surface area contributed by atoms with E-state index in [1.807, 2.05) is 41.0 Å². The van der Waals surface area contributed by atoms with Crippen LogP contribution in [0.2, 0.25) is 0 Å². The quantitative estimate of drug-likeness (QED) is 0.322. The number of fused-ring (bicyclic) bond motifs is 1. The molecule has 1 fully saturated rings. The van der Waals surface area contributed by atoms with E-state index in [4.69, 9.17) is 10.2 Å². The second-order valence-electron chi connectivity index (χ2n) is 9.73. The summed E-state index contributed by atoms with van der Waals surface area (Å²) < 4.78 is 7.81. The molecular formula is C28H27N7O2. The molecule has 0 aliphatic heterocycles. The number of amides is 1. The molecule has 0 unspecified atom stereocenters. The highest BCUT2D eigenvalue weighted by atomic mass is 16.4. The van der Waals surface area contributed by atoms with E-state index in [1.165, 1.54) is 12.8 Å². The number of nitrogen functional groups attached to an aromatic ring is 1. The highest BCUT2D eigenvalue weighted by Gasteiger charge is 2.23. The summed E-state index contributed by atoms with van der Waals surface area (Å²) in [5, 5.41) is 12.0. The van der Waals surface area contributed by atoms with Gasteiger partial charge in [0.25, 0.3) is 5.91 Å². The lowest BCUT2D eigenvalue weighted by Crippen LogP contribution is -2.24. The molecule has 1 amide bonds. The SMILES string of the molecule is CC(C)n1cnnc1-c1ccc(-c2cc(-c3ccnc4oc(C(=O)NCC5CC5)cc34)cnc2N)cc1. The van der Waals surface area contributed by atoms with Crippen LogP contribution >= 0.6 is 0 Å². The van der Waals surface area contributed by atoms with E-state index in [9.17, 15) is 4.79 Å². The Balaban J connectivity index is 1.33. The molecule has 0 bridgehead atoms. The topological polar surface area (TPSA) is 125 Å². The summed E-state index contributed by atoms with van der Waals surface area (Å²) in [6, 6.07) is 13.9. The second-order valence-corrected chi connectivity index (χ2v) is 9.73. The van der Waals surface area contributed by atoms with Crippen molar-refractivity contribution in [2.24, 2.45) is 5.92 Å². The number of benzene rings is 1. The molecule has 9 nitrogen and oxygen atoms in total. The number of hydrogen-bond acceptors (Lipinski definition) is 7. The van der Waals surface area contributed by atoms with Gasteiger partial charge < -0.3 is 20.0 Å². The minimum absolute atomic E-state index is 0.222. The second kappa shape index (κ2) is 9.16. The Morgan fingerprint density at radius 1 is 1.08 bits per heavy atom. The Kier molecular flexibility index (Phi) is 5.67. The van der Waals surface area contributed by atoms with Crippen molar-refractivity contribution in [1.82, 2.24) is 30.0 Å². The molecule has 0 saturated heterocycles. The van der Waals surface area contributed by atoms with Crippen molar-refractivity contribution < 1.29 is 9.21 Å². The normalized spacial score (nSPS) is 13.4. The third-order valence-corrected chi connectivity index (χ3v) is 6.72. The van der Waals surface area contributed by atoms with Gasteiger partial charge in [-0.1, -0.05) is 24.3 Å². The molecule has 0 atom stereocenters. The first kappa shape index (κ1) is 22.9. The zero-order valence-electron chi connectivity index (χ0n) is 20.7. The molecule has 37 heavy (non-hydrogen) atoms. The van der Waals surface area contributed by atoms with Gasteiger partial charge >= 0.3 is 0 Å². The number of carbonyl (C=O) groups excluding carboxylic acids is 1. The van der Waals surface area contributed by atoms with Crippen LogP contribution in [0.25, 0.3) is 44.7 Å². The zero-order chi connectivity index (χ0) is 25.5. The van der Waals surface area contributed by atoms with E-state index >= 15 is 0 Å². The third-order valence-electron chi connectivity index (χ3n) is 6.72. The van der Waals surface area contributed by atoms with E-state index in [2.05, 4.69) is 39.3 Å². The summed E-state index contributed by atoms with van der Waals surface area (Å²) in [5.74, 6) is 1.87. The lowest BCUT2D eigenvalue weighted by Gasteiger charge is -2.12. The molecule has 1 aliphatic rings. The van der Waals surface area contributed by atoms with E-state index in [-0.39, 0.29) is 17.7 Å². The summed E-state index contributed by atoms with van der Waals surface area (Å²) in [5.41, 5.74) is 11.1. The molecule has 1 aromatic carbocycles. The van der Waals surface area contributed by atoms with Crippen LogP contribution in [0.3, 0.4) is 0 Å². The smallest absolute Gasteiger partial charge is 0.287 e. The van der Waals surface area contributed by atoms with Crippen LogP contribution in [0.5, 0.6) is 0 Å². The zero-order valence-corrected chi connectivity index (χ0v) is 20.7. The summed E-state index contributed by atoms with van der Waals surface area (Å²) in [6.07, 6.45) is 7.48. The van der Waals surface area contributed by atoms with Crippen molar-refractivity contribution in [2.75, 3.05) is 12.3 Å². The van der Waals surface area contributed by atoms with Crippen molar-refractivity contribution in [2.45, 2.75) is 32.7 Å². The van der Waals surface area contributed by atoms with E-state index in [0.29, 0.717) is 24.0 Å². The van der Waals surface area contributed by atoms with Gasteiger partial charge in [0.1, 0.15) is 12.1 Å². The van der Waals surface area contributed by atoms with Crippen LogP contribution in [0.15, 0.2) is 65.6 Å². The minimum Gasteiger partial charge on any atom is -0.433 e. The lowest BCUT2D eigenvalue weighted by atomic mass is 9.99. The minimum atomic E-state index is -0.222. The molecule has 1 aliphatic carbocycles. The average molecular weight is 494 g/mol. The first-order valence-electron chi connectivity index (χ1n) is 12.4. The van der Waals surface area contributed by atoms with Gasteiger partial charge in [-0.25, -0.2) is 9.97 Å². The van der Waals surface area contributed by atoms with Gasteiger partial charge in [-0.2, -0.15) is 0 Å².